The number of nitrogens with zero attached hydrogens (tertiary/aromatic N) is 3. The summed E-state index contributed by atoms with van der Waals surface area (Å²) >= 11 is 6.24. The lowest BCUT2D eigenvalue weighted by molar-refractivity contribution is -0.129. The second-order valence-electron chi connectivity index (χ2n) is 11.9. The van der Waals surface area contributed by atoms with E-state index >= 15 is 0 Å². The van der Waals surface area contributed by atoms with Gasteiger partial charge in [-0.1, -0.05) is 55.1 Å². The Morgan fingerprint density at radius 2 is 1.76 bits per heavy atom. The van der Waals surface area contributed by atoms with Gasteiger partial charge in [0.15, 0.2) is 0 Å². The molecule has 2 aliphatic heterocycles. The zero-order valence-electron chi connectivity index (χ0n) is 23.2. The minimum Gasteiger partial charge on any atom is -0.341 e. The molecular weight excluding hydrogens is 497 g/mol. The summed E-state index contributed by atoms with van der Waals surface area (Å²) < 4.78 is 14.4. The highest BCUT2D eigenvalue weighted by Gasteiger charge is 2.42. The quantitative estimate of drug-likeness (QED) is 0.422. The van der Waals surface area contributed by atoms with E-state index in [0.717, 1.165) is 38.5 Å². The van der Waals surface area contributed by atoms with Crippen molar-refractivity contribution in [3.05, 3.63) is 69.5 Å². The molecule has 2 aromatic carbocycles. The maximum Gasteiger partial charge on any atom is 0.227 e. The van der Waals surface area contributed by atoms with Crippen molar-refractivity contribution < 1.29 is 9.18 Å². The number of benzene rings is 2. The van der Waals surface area contributed by atoms with Gasteiger partial charge in [-0.05, 0) is 74.9 Å². The molecule has 1 atom stereocenters. The number of hydrogen-bond donors (Lipinski definition) is 0. The van der Waals surface area contributed by atoms with Gasteiger partial charge in [0.05, 0.1) is 6.42 Å². The van der Waals surface area contributed by atoms with Crippen LogP contribution in [0.3, 0.4) is 0 Å². The molecule has 0 radical (unpaired) electrons. The van der Waals surface area contributed by atoms with Crippen molar-refractivity contribution in [2.24, 2.45) is 0 Å². The van der Waals surface area contributed by atoms with E-state index in [1.807, 2.05) is 4.90 Å². The van der Waals surface area contributed by atoms with E-state index < -0.39 is 5.82 Å². The predicted octanol–water partition coefficient (Wildman–Crippen LogP) is 6.15. The van der Waals surface area contributed by atoms with Crippen molar-refractivity contribution in [2.45, 2.75) is 76.7 Å². The molecule has 1 saturated carbocycles. The number of carbonyl (C=O) groups excluding carboxylic acids is 1. The zero-order chi connectivity index (χ0) is 26.7. The topological polar surface area (TPSA) is 26.8 Å². The summed E-state index contributed by atoms with van der Waals surface area (Å²) in [7, 11) is 0. The normalized spacial score (nSPS) is 23.7. The number of carbonyl (C=O) groups is 1. The Bertz CT molecular complexity index is 1110. The Balaban J connectivity index is 1.26. The first kappa shape index (κ1) is 27.6. The molecule has 1 unspecified atom stereocenters. The number of likely N-dealkylation sites (tertiary alicyclic amines) is 1. The molecule has 1 amide bonds. The van der Waals surface area contributed by atoms with Crippen LogP contribution in [0.4, 0.5) is 4.39 Å². The van der Waals surface area contributed by atoms with Gasteiger partial charge in [0.1, 0.15) is 5.82 Å². The lowest BCUT2D eigenvalue weighted by Gasteiger charge is -2.42. The number of halogens is 2. The van der Waals surface area contributed by atoms with Gasteiger partial charge < -0.3 is 9.80 Å². The van der Waals surface area contributed by atoms with Crippen molar-refractivity contribution in [3.8, 4) is 0 Å². The second kappa shape index (κ2) is 12.1. The maximum atomic E-state index is 14.4. The predicted molar refractivity (Wildman–Crippen MR) is 153 cm³/mol. The van der Waals surface area contributed by atoms with Gasteiger partial charge >= 0.3 is 0 Å². The molecule has 0 N–H and O–H groups in total. The fourth-order valence-corrected chi connectivity index (χ4v) is 7.11. The monoisotopic (exact) mass is 539 g/mol. The number of aryl methyl sites for hydroxylation is 2. The highest BCUT2D eigenvalue weighted by atomic mass is 35.5. The van der Waals surface area contributed by atoms with Crippen LogP contribution in [0.25, 0.3) is 0 Å². The first-order valence-electron chi connectivity index (χ1n) is 14.6. The number of amides is 1. The standard InChI is InChI=1S/C32H43ClFN3O/c1-24-11-12-26(21-25(24)2)32(13-15-35-17-19-36(20-18-35)27-7-4-3-5-8-27)14-16-37(23-32)31(38)22-28-29(33)9-6-10-30(28)34/h6,9-12,21,27H,3-5,7-8,13-20,22-23H2,1-2H3. The molecule has 38 heavy (non-hydrogen) atoms. The fourth-order valence-electron chi connectivity index (χ4n) is 6.88. The Morgan fingerprint density at radius 3 is 2.47 bits per heavy atom. The molecule has 5 rings (SSSR count). The molecule has 206 valence electrons. The average Bonchev–Trinajstić information content (AvgIpc) is 3.38. The van der Waals surface area contributed by atoms with Crippen molar-refractivity contribution >= 4 is 17.5 Å². The molecule has 4 nitrogen and oxygen atoms in total. The molecule has 3 aliphatic rings. The first-order valence-corrected chi connectivity index (χ1v) is 15.0. The van der Waals surface area contributed by atoms with Gasteiger partial charge in [-0.25, -0.2) is 4.39 Å². The van der Waals surface area contributed by atoms with E-state index in [2.05, 4.69) is 41.8 Å². The van der Waals surface area contributed by atoms with E-state index in [4.69, 9.17) is 11.6 Å². The van der Waals surface area contributed by atoms with Crippen molar-refractivity contribution in [1.82, 2.24) is 14.7 Å². The summed E-state index contributed by atoms with van der Waals surface area (Å²) in [5, 5.41) is 0.324. The van der Waals surface area contributed by atoms with Crippen LogP contribution < -0.4 is 0 Å². The third-order valence-electron chi connectivity index (χ3n) is 9.62. The molecule has 2 saturated heterocycles. The number of hydrogen-bond acceptors (Lipinski definition) is 3. The summed E-state index contributed by atoms with van der Waals surface area (Å²) in [6.07, 6.45) is 8.91. The summed E-state index contributed by atoms with van der Waals surface area (Å²) in [5.41, 5.74) is 4.15. The minimum atomic E-state index is -0.405. The maximum absolute atomic E-state index is 14.4. The van der Waals surface area contributed by atoms with E-state index in [-0.39, 0.29) is 17.7 Å². The average molecular weight is 540 g/mol. The molecule has 2 heterocycles. The van der Waals surface area contributed by atoms with Crippen LogP contribution in [0.1, 0.15) is 67.2 Å². The van der Waals surface area contributed by atoms with Crippen LogP contribution in [-0.2, 0) is 16.6 Å². The highest BCUT2D eigenvalue weighted by Crippen LogP contribution is 2.39. The van der Waals surface area contributed by atoms with Gasteiger partial charge in [0.25, 0.3) is 0 Å². The summed E-state index contributed by atoms with van der Waals surface area (Å²) in [6, 6.07) is 12.2. The van der Waals surface area contributed by atoms with Gasteiger partial charge in [-0.3, -0.25) is 9.69 Å². The van der Waals surface area contributed by atoms with Crippen molar-refractivity contribution in [1.29, 1.82) is 0 Å². The van der Waals surface area contributed by atoms with Crippen molar-refractivity contribution in [2.75, 3.05) is 45.8 Å². The molecular formula is C32H43ClFN3O. The van der Waals surface area contributed by atoms with Crippen LogP contribution in [0.15, 0.2) is 36.4 Å². The first-order chi connectivity index (χ1) is 18.3. The zero-order valence-corrected chi connectivity index (χ0v) is 23.9. The summed E-state index contributed by atoms with van der Waals surface area (Å²) in [5.74, 6) is -0.443. The van der Waals surface area contributed by atoms with Crippen LogP contribution >= 0.6 is 11.6 Å². The third-order valence-corrected chi connectivity index (χ3v) is 9.97. The lowest BCUT2D eigenvalue weighted by Crippen LogP contribution is -2.51. The van der Waals surface area contributed by atoms with Gasteiger partial charge in [0, 0.05) is 61.3 Å². The highest BCUT2D eigenvalue weighted by molar-refractivity contribution is 6.31. The van der Waals surface area contributed by atoms with E-state index in [0.29, 0.717) is 23.7 Å². The molecule has 2 aromatic rings. The summed E-state index contributed by atoms with van der Waals surface area (Å²) in [4.78, 5) is 20.6. The van der Waals surface area contributed by atoms with Crippen LogP contribution in [0.5, 0.6) is 0 Å². The Hall–Kier alpha value is -1.95. The third kappa shape index (κ3) is 6.11. The molecule has 0 bridgehead atoms. The lowest BCUT2D eigenvalue weighted by atomic mass is 9.76. The van der Waals surface area contributed by atoms with Crippen LogP contribution in [-0.4, -0.2) is 72.5 Å². The molecule has 6 heteroatoms. The number of rotatable bonds is 7. The Labute approximate surface area is 233 Å². The van der Waals surface area contributed by atoms with E-state index in [1.165, 1.54) is 68.0 Å². The molecule has 3 fully saturated rings. The van der Waals surface area contributed by atoms with E-state index in [9.17, 15) is 9.18 Å². The van der Waals surface area contributed by atoms with Crippen LogP contribution in [0, 0.1) is 19.7 Å². The van der Waals surface area contributed by atoms with E-state index in [1.54, 1.807) is 12.1 Å². The minimum absolute atomic E-state index is 0.0115. The SMILES string of the molecule is Cc1ccc(C2(CCN3CCN(C4CCCCC4)CC3)CCN(C(=O)Cc3c(F)cccc3Cl)C2)cc1C. The summed E-state index contributed by atoms with van der Waals surface area (Å²) in [6.45, 7) is 11.4. The Kier molecular flexibility index (Phi) is 8.76. The second-order valence-corrected chi connectivity index (χ2v) is 12.3. The Morgan fingerprint density at radius 1 is 1.00 bits per heavy atom. The smallest absolute Gasteiger partial charge is 0.227 e. The largest absolute Gasteiger partial charge is 0.341 e. The fraction of sp³-hybridized carbons (Fsp3) is 0.594. The van der Waals surface area contributed by atoms with Crippen molar-refractivity contribution in [3.63, 3.8) is 0 Å². The number of piperazine rings is 1. The van der Waals surface area contributed by atoms with Crippen LogP contribution in [0.2, 0.25) is 5.02 Å². The molecule has 1 aliphatic carbocycles. The van der Waals surface area contributed by atoms with Gasteiger partial charge in [-0.2, -0.15) is 0 Å². The van der Waals surface area contributed by atoms with Gasteiger partial charge in [0.2, 0.25) is 5.91 Å². The van der Waals surface area contributed by atoms with Gasteiger partial charge in [-0.15, -0.1) is 0 Å². The molecule has 0 aromatic heterocycles. The molecule has 0 spiro atoms.